The molecule has 1 amide bonds. The zero-order valence-electron chi connectivity index (χ0n) is 17.2. The lowest BCUT2D eigenvalue weighted by molar-refractivity contribution is -0.387. The summed E-state index contributed by atoms with van der Waals surface area (Å²) < 4.78 is 31.6. The number of rotatable bonds is 6. The first-order valence-electron chi connectivity index (χ1n) is 9.90. The highest BCUT2D eigenvalue weighted by Gasteiger charge is 2.32. The Morgan fingerprint density at radius 1 is 1.22 bits per heavy atom. The van der Waals surface area contributed by atoms with Gasteiger partial charge in [0.1, 0.15) is 4.90 Å². The number of esters is 1. The maximum Gasteiger partial charge on any atom is 0.310 e. The molecule has 1 fully saturated rings. The van der Waals surface area contributed by atoms with Crippen molar-refractivity contribution in [1.29, 1.82) is 0 Å². The summed E-state index contributed by atoms with van der Waals surface area (Å²) in [4.78, 5) is 36.7. The highest BCUT2D eigenvalue weighted by molar-refractivity contribution is 9.10. The lowest BCUT2D eigenvalue weighted by atomic mass is 9.97. The van der Waals surface area contributed by atoms with Gasteiger partial charge in [0, 0.05) is 29.2 Å². The van der Waals surface area contributed by atoms with E-state index < -0.39 is 37.2 Å². The molecule has 3 rings (SSSR count). The molecule has 0 aromatic heterocycles. The molecule has 1 aliphatic rings. The molecule has 0 spiro atoms. The molecular weight excluding hydrogens is 504 g/mol. The van der Waals surface area contributed by atoms with Gasteiger partial charge in [-0.2, -0.15) is 0 Å². The second kappa shape index (κ2) is 9.78. The Balaban J connectivity index is 1.92. The van der Waals surface area contributed by atoms with Crippen LogP contribution < -0.4 is 0 Å². The minimum atomic E-state index is -4.17. The van der Waals surface area contributed by atoms with Crippen molar-refractivity contribution in [3.8, 4) is 0 Å². The van der Waals surface area contributed by atoms with Crippen molar-refractivity contribution in [2.45, 2.75) is 29.6 Å². The molecule has 2 aromatic carbocycles. The molecule has 0 aliphatic carbocycles. The van der Waals surface area contributed by atoms with E-state index in [2.05, 4.69) is 15.9 Å². The van der Waals surface area contributed by atoms with Crippen molar-refractivity contribution in [3.63, 3.8) is 0 Å². The molecule has 1 heterocycles. The van der Waals surface area contributed by atoms with E-state index in [-0.39, 0.29) is 29.6 Å². The zero-order chi connectivity index (χ0) is 23.5. The van der Waals surface area contributed by atoms with Gasteiger partial charge >= 0.3 is 5.97 Å². The number of likely N-dealkylation sites (tertiary alicyclic amines) is 1. The fraction of sp³-hybridized carbons (Fsp3) is 0.333. The van der Waals surface area contributed by atoms with Gasteiger partial charge in [0.15, 0.2) is 0 Å². The number of nitro groups is 1. The van der Waals surface area contributed by atoms with Crippen molar-refractivity contribution < 1.29 is 27.7 Å². The number of nitro benzene ring substituents is 1. The number of sulfone groups is 1. The van der Waals surface area contributed by atoms with Gasteiger partial charge in [-0.05, 0) is 56.2 Å². The Hall–Kier alpha value is -2.79. The summed E-state index contributed by atoms with van der Waals surface area (Å²) in [6, 6.07) is 9.03. The monoisotopic (exact) mass is 524 g/mol. The highest BCUT2D eigenvalue weighted by Crippen LogP contribution is 2.31. The van der Waals surface area contributed by atoms with E-state index >= 15 is 0 Å². The lowest BCUT2D eigenvalue weighted by Crippen LogP contribution is -2.42. The van der Waals surface area contributed by atoms with Crippen molar-refractivity contribution in [2.24, 2.45) is 5.92 Å². The topological polar surface area (TPSA) is 124 Å². The Morgan fingerprint density at radius 3 is 2.53 bits per heavy atom. The van der Waals surface area contributed by atoms with E-state index in [1.165, 1.54) is 35.2 Å². The molecule has 9 nitrogen and oxygen atoms in total. The first-order chi connectivity index (χ1) is 15.1. The number of ether oxygens (including phenoxy) is 1. The fourth-order valence-corrected chi connectivity index (χ4v) is 5.23. The van der Waals surface area contributed by atoms with Crippen LogP contribution in [0, 0.1) is 16.0 Å². The Bertz CT molecular complexity index is 1150. The molecular formula is C21H21BrN2O7S. The molecule has 1 atom stereocenters. The second-order valence-electron chi connectivity index (χ2n) is 7.24. The first kappa shape index (κ1) is 23.9. The van der Waals surface area contributed by atoms with Gasteiger partial charge in [-0.1, -0.05) is 15.9 Å². The third kappa shape index (κ3) is 4.99. The number of carbonyl (C=O) groups is 2. The Labute approximate surface area is 193 Å². The van der Waals surface area contributed by atoms with Gasteiger partial charge < -0.3 is 9.64 Å². The molecule has 170 valence electrons. The van der Waals surface area contributed by atoms with Crippen molar-refractivity contribution in [2.75, 3.05) is 19.7 Å². The van der Waals surface area contributed by atoms with Gasteiger partial charge in [-0.15, -0.1) is 0 Å². The zero-order valence-corrected chi connectivity index (χ0v) is 19.6. The van der Waals surface area contributed by atoms with Crippen LogP contribution in [0.15, 0.2) is 56.7 Å². The summed E-state index contributed by atoms with van der Waals surface area (Å²) in [6.45, 7) is 2.47. The van der Waals surface area contributed by atoms with E-state index in [0.717, 1.165) is 12.1 Å². The van der Waals surface area contributed by atoms with Crippen LogP contribution in [0.5, 0.6) is 0 Å². The number of piperidine rings is 1. The number of carbonyl (C=O) groups excluding carboxylic acids is 2. The Kier molecular flexibility index (Phi) is 7.29. The summed E-state index contributed by atoms with van der Waals surface area (Å²) in [5.74, 6) is -1.35. The molecule has 0 bridgehead atoms. The minimum Gasteiger partial charge on any atom is -0.466 e. The quantitative estimate of drug-likeness (QED) is 0.321. The molecule has 0 saturated carbocycles. The summed E-state index contributed by atoms with van der Waals surface area (Å²) in [7, 11) is -4.17. The van der Waals surface area contributed by atoms with Gasteiger partial charge in [-0.25, -0.2) is 8.42 Å². The van der Waals surface area contributed by atoms with E-state index in [9.17, 15) is 28.1 Å². The number of amides is 1. The van der Waals surface area contributed by atoms with Gasteiger partial charge in [-0.3, -0.25) is 19.7 Å². The second-order valence-corrected chi connectivity index (χ2v) is 10.1. The average Bonchev–Trinajstić information content (AvgIpc) is 2.78. The summed E-state index contributed by atoms with van der Waals surface area (Å²) >= 11 is 3.22. The first-order valence-corrected chi connectivity index (χ1v) is 12.2. The number of halogens is 1. The average molecular weight is 525 g/mol. The van der Waals surface area contributed by atoms with Crippen LogP contribution in [0.3, 0.4) is 0 Å². The van der Waals surface area contributed by atoms with Gasteiger partial charge in [0.25, 0.3) is 11.6 Å². The van der Waals surface area contributed by atoms with Crippen LogP contribution in [0.2, 0.25) is 0 Å². The van der Waals surface area contributed by atoms with Crippen molar-refractivity contribution >= 4 is 43.3 Å². The number of hydrogen-bond donors (Lipinski definition) is 0. The number of nitrogens with zero attached hydrogens (tertiary/aromatic N) is 2. The van der Waals surface area contributed by atoms with Gasteiger partial charge in [0.05, 0.1) is 22.3 Å². The molecule has 0 unspecified atom stereocenters. The smallest absolute Gasteiger partial charge is 0.310 e. The van der Waals surface area contributed by atoms with Crippen LogP contribution in [-0.2, 0) is 19.4 Å². The minimum absolute atomic E-state index is 0.0176. The molecule has 2 aromatic rings. The molecule has 0 radical (unpaired) electrons. The summed E-state index contributed by atoms with van der Waals surface area (Å²) in [6.07, 6.45) is 1.18. The predicted molar refractivity (Wildman–Crippen MR) is 118 cm³/mol. The predicted octanol–water partition coefficient (Wildman–Crippen LogP) is 3.61. The molecule has 0 N–H and O–H groups in total. The Morgan fingerprint density at radius 2 is 1.91 bits per heavy atom. The van der Waals surface area contributed by atoms with Crippen molar-refractivity contribution in [1.82, 2.24) is 4.90 Å². The number of hydrogen-bond acceptors (Lipinski definition) is 7. The van der Waals surface area contributed by atoms with E-state index in [1.54, 1.807) is 6.92 Å². The van der Waals surface area contributed by atoms with Crippen LogP contribution in [0.25, 0.3) is 0 Å². The lowest BCUT2D eigenvalue weighted by Gasteiger charge is -2.31. The summed E-state index contributed by atoms with van der Waals surface area (Å²) in [5.41, 5.74) is -0.700. The van der Waals surface area contributed by atoms with Crippen LogP contribution in [0.4, 0.5) is 5.69 Å². The molecule has 11 heteroatoms. The standard InChI is InChI=1S/C21H21BrN2O7S/c1-2-31-21(26)15-4-3-11-23(13-15)20(25)14-5-10-19(18(12-14)24(27)28)32(29,30)17-8-6-16(22)7-9-17/h5-10,12,15H,2-4,11,13H2,1H3/t15-/m1/s1. The van der Waals surface area contributed by atoms with Crippen molar-refractivity contribution in [3.05, 3.63) is 62.6 Å². The van der Waals surface area contributed by atoms with Gasteiger partial charge in [0.2, 0.25) is 9.84 Å². The highest BCUT2D eigenvalue weighted by atomic mass is 79.9. The van der Waals surface area contributed by atoms with E-state index in [0.29, 0.717) is 23.9 Å². The normalized spacial score (nSPS) is 16.4. The van der Waals surface area contributed by atoms with E-state index in [1.807, 2.05) is 0 Å². The van der Waals surface area contributed by atoms with E-state index in [4.69, 9.17) is 4.74 Å². The SMILES string of the molecule is CCOC(=O)[C@@H]1CCCN(C(=O)c2ccc(S(=O)(=O)c3ccc(Br)cc3)c([N+](=O)[O-])c2)C1. The largest absolute Gasteiger partial charge is 0.466 e. The third-order valence-electron chi connectivity index (χ3n) is 5.14. The summed E-state index contributed by atoms with van der Waals surface area (Å²) in [5, 5.41) is 11.7. The van der Waals surface area contributed by atoms with Crippen LogP contribution >= 0.6 is 15.9 Å². The maximum absolute atomic E-state index is 13.0. The molecule has 1 aliphatic heterocycles. The fourth-order valence-electron chi connectivity index (χ4n) is 3.56. The molecule has 32 heavy (non-hydrogen) atoms. The number of benzene rings is 2. The van der Waals surface area contributed by atoms with Crippen LogP contribution in [0.1, 0.15) is 30.1 Å². The maximum atomic E-state index is 13.0. The van der Waals surface area contributed by atoms with Crippen LogP contribution in [-0.4, -0.2) is 49.8 Å². The molecule has 1 saturated heterocycles. The third-order valence-corrected chi connectivity index (χ3v) is 7.49.